The highest BCUT2D eigenvalue weighted by molar-refractivity contribution is 6.36. The molecule has 2 aromatic carbocycles. The highest BCUT2D eigenvalue weighted by Crippen LogP contribution is 2.35. The summed E-state index contributed by atoms with van der Waals surface area (Å²) in [7, 11) is 0. The second kappa shape index (κ2) is 5.52. The van der Waals surface area contributed by atoms with Crippen molar-refractivity contribution in [3.05, 3.63) is 84.0 Å². The lowest BCUT2D eigenvalue weighted by Gasteiger charge is -2.13. The monoisotopic (exact) mass is 322 g/mol. The van der Waals surface area contributed by atoms with Gasteiger partial charge in [0.25, 0.3) is 0 Å². The van der Waals surface area contributed by atoms with Crippen molar-refractivity contribution >= 4 is 22.4 Å². The first-order valence-corrected chi connectivity index (χ1v) is 7.58. The molecule has 0 atom stereocenters. The van der Waals surface area contributed by atoms with Crippen LogP contribution in [-0.2, 0) is 0 Å². The maximum absolute atomic E-state index is 14.0. The van der Waals surface area contributed by atoms with Crippen LogP contribution in [-0.4, -0.2) is 9.55 Å². The molecule has 0 radical (unpaired) electrons. The van der Waals surface area contributed by atoms with E-state index in [4.69, 9.17) is 11.6 Å². The van der Waals surface area contributed by atoms with Crippen LogP contribution >= 0.6 is 11.6 Å². The van der Waals surface area contributed by atoms with Gasteiger partial charge in [-0.15, -0.1) is 0 Å². The van der Waals surface area contributed by atoms with Crippen LogP contribution < -0.4 is 0 Å². The number of rotatable bonds is 2. The molecule has 0 aliphatic rings. The number of nitrogens with zero attached hydrogens (tertiary/aromatic N) is 2. The fraction of sp³-hybridized carbons (Fsp3) is 0. The topological polar surface area (TPSA) is 17.8 Å². The fourth-order valence-corrected chi connectivity index (χ4v) is 3.08. The van der Waals surface area contributed by atoms with E-state index >= 15 is 0 Å². The Morgan fingerprint density at radius 3 is 2.43 bits per heavy atom. The van der Waals surface area contributed by atoms with Crippen LogP contribution in [0.3, 0.4) is 0 Å². The zero-order chi connectivity index (χ0) is 15.8. The minimum absolute atomic E-state index is 0.356. The largest absolute Gasteiger partial charge is 0.308 e. The first kappa shape index (κ1) is 14.0. The van der Waals surface area contributed by atoms with Crippen LogP contribution in [0, 0.1) is 5.82 Å². The number of hydrogen-bond donors (Lipinski definition) is 0. The number of benzene rings is 2. The van der Waals surface area contributed by atoms with Gasteiger partial charge in [0.15, 0.2) is 0 Å². The van der Waals surface area contributed by atoms with Crippen LogP contribution in [0.4, 0.5) is 4.39 Å². The van der Waals surface area contributed by atoms with E-state index in [0.29, 0.717) is 10.8 Å². The lowest BCUT2D eigenvalue weighted by Crippen LogP contribution is -1.98. The average molecular weight is 323 g/mol. The molecule has 2 nitrogen and oxygen atoms in total. The summed E-state index contributed by atoms with van der Waals surface area (Å²) >= 11 is 6.35. The van der Waals surface area contributed by atoms with Gasteiger partial charge in [0.1, 0.15) is 11.6 Å². The molecule has 0 aliphatic carbocycles. The summed E-state index contributed by atoms with van der Waals surface area (Å²) < 4.78 is 15.8. The van der Waals surface area contributed by atoms with Crippen molar-refractivity contribution in [2.75, 3.05) is 0 Å². The van der Waals surface area contributed by atoms with Gasteiger partial charge in [-0.3, -0.25) is 0 Å². The van der Waals surface area contributed by atoms with Crippen LogP contribution in [0.15, 0.2) is 73.2 Å². The van der Waals surface area contributed by atoms with Gasteiger partial charge in [-0.25, -0.2) is 9.37 Å². The van der Waals surface area contributed by atoms with Crippen molar-refractivity contribution in [2.45, 2.75) is 0 Å². The van der Waals surface area contributed by atoms with Crippen LogP contribution in [0.25, 0.3) is 27.7 Å². The molecule has 0 spiro atoms. The van der Waals surface area contributed by atoms with Crippen molar-refractivity contribution in [2.24, 2.45) is 0 Å². The Morgan fingerprint density at radius 2 is 1.70 bits per heavy atom. The molecule has 23 heavy (non-hydrogen) atoms. The SMILES string of the molecule is Fc1cc(Cl)c2c(-n3cccc3)ncc(-c3ccccc3)c2c1. The molecule has 4 heteroatoms. The predicted octanol–water partition coefficient (Wildman–Crippen LogP) is 5.49. The van der Waals surface area contributed by atoms with E-state index in [1.165, 1.54) is 12.1 Å². The molecule has 0 amide bonds. The number of hydrogen-bond acceptors (Lipinski definition) is 1. The van der Waals surface area contributed by atoms with E-state index in [1.807, 2.05) is 59.4 Å². The highest BCUT2D eigenvalue weighted by atomic mass is 35.5. The molecule has 0 bridgehead atoms. The fourth-order valence-electron chi connectivity index (χ4n) is 2.79. The minimum atomic E-state index is -0.357. The van der Waals surface area contributed by atoms with Crippen LogP contribution in [0.1, 0.15) is 0 Å². The molecular weight excluding hydrogens is 311 g/mol. The number of aromatic nitrogens is 2. The Labute approximate surface area is 137 Å². The van der Waals surface area contributed by atoms with Crippen molar-refractivity contribution in [3.63, 3.8) is 0 Å². The minimum Gasteiger partial charge on any atom is -0.308 e. The summed E-state index contributed by atoms with van der Waals surface area (Å²) in [6.45, 7) is 0. The first-order valence-electron chi connectivity index (χ1n) is 7.20. The van der Waals surface area contributed by atoms with Crippen molar-refractivity contribution in [3.8, 4) is 16.9 Å². The Morgan fingerprint density at radius 1 is 0.957 bits per heavy atom. The summed E-state index contributed by atoms with van der Waals surface area (Å²) in [5.74, 6) is 0.332. The quantitative estimate of drug-likeness (QED) is 0.477. The van der Waals surface area contributed by atoms with Gasteiger partial charge in [0, 0.05) is 29.5 Å². The van der Waals surface area contributed by atoms with Crippen LogP contribution in [0.2, 0.25) is 5.02 Å². The van der Waals surface area contributed by atoms with Gasteiger partial charge < -0.3 is 4.57 Å². The molecule has 4 rings (SSSR count). The molecule has 0 unspecified atom stereocenters. The third-order valence-electron chi connectivity index (χ3n) is 3.82. The summed E-state index contributed by atoms with van der Waals surface area (Å²) in [4.78, 5) is 4.57. The molecule has 0 N–H and O–H groups in total. The standard InChI is InChI=1S/C19H12ClFN2/c20-17-11-14(21)10-15-16(13-6-2-1-3-7-13)12-22-19(18(15)17)23-8-4-5-9-23/h1-12H. The smallest absolute Gasteiger partial charge is 0.146 e. The first-order chi connectivity index (χ1) is 11.2. The maximum Gasteiger partial charge on any atom is 0.146 e. The number of halogens is 2. The predicted molar refractivity (Wildman–Crippen MR) is 91.5 cm³/mol. The molecule has 0 aliphatic heterocycles. The van der Waals surface area contributed by atoms with E-state index in [2.05, 4.69) is 4.98 Å². The number of fused-ring (bicyclic) bond motifs is 1. The third kappa shape index (κ3) is 2.39. The van der Waals surface area contributed by atoms with E-state index in [-0.39, 0.29) is 5.82 Å². The zero-order valence-corrected chi connectivity index (χ0v) is 12.8. The van der Waals surface area contributed by atoms with E-state index in [0.717, 1.165) is 21.9 Å². The second-order valence-corrected chi connectivity index (χ2v) is 5.67. The maximum atomic E-state index is 14.0. The van der Waals surface area contributed by atoms with Crippen molar-refractivity contribution in [1.29, 1.82) is 0 Å². The molecule has 112 valence electrons. The van der Waals surface area contributed by atoms with Gasteiger partial charge in [-0.05, 0) is 35.2 Å². The Balaban J connectivity index is 2.10. The molecule has 2 aromatic heterocycles. The average Bonchev–Trinajstić information content (AvgIpc) is 3.09. The molecular formula is C19H12ClFN2. The summed E-state index contributed by atoms with van der Waals surface area (Å²) in [6, 6.07) is 16.5. The Kier molecular flexibility index (Phi) is 3.36. The van der Waals surface area contributed by atoms with E-state index < -0.39 is 0 Å². The number of pyridine rings is 1. The summed E-state index contributed by atoms with van der Waals surface area (Å²) in [6.07, 6.45) is 5.55. The van der Waals surface area contributed by atoms with Crippen molar-refractivity contribution in [1.82, 2.24) is 9.55 Å². The van der Waals surface area contributed by atoms with Gasteiger partial charge >= 0.3 is 0 Å². The van der Waals surface area contributed by atoms with Gasteiger partial charge in [0.05, 0.1) is 5.02 Å². The lowest BCUT2D eigenvalue weighted by atomic mass is 10.0. The Hall–Kier alpha value is -2.65. The van der Waals surface area contributed by atoms with E-state index in [9.17, 15) is 4.39 Å². The normalized spacial score (nSPS) is 11.0. The molecule has 0 saturated carbocycles. The highest BCUT2D eigenvalue weighted by Gasteiger charge is 2.14. The molecule has 4 aromatic rings. The van der Waals surface area contributed by atoms with E-state index in [1.54, 1.807) is 6.20 Å². The molecule has 0 fully saturated rings. The zero-order valence-electron chi connectivity index (χ0n) is 12.1. The van der Waals surface area contributed by atoms with Crippen LogP contribution in [0.5, 0.6) is 0 Å². The third-order valence-corrected chi connectivity index (χ3v) is 4.12. The van der Waals surface area contributed by atoms with Gasteiger partial charge in [0.2, 0.25) is 0 Å². The summed E-state index contributed by atoms with van der Waals surface area (Å²) in [5, 5.41) is 1.85. The van der Waals surface area contributed by atoms with Gasteiger partial charge in [-0.2, -0.15) is 0 Å². The second-order valence-electron chi connectivity index (χ2n) is 5.26. The van der Waals surface area contributed by atoms with Crippen molar-refractivity contribution < 1.29 is 4.39 Å². The Bertz CT molecular complexity index is 979. The molecule has 2 heterocycles. The van der Waals surface area contributed by atoms with Gasteiger partial charge in [-0.1, -0.05) is 41.9 Å². The summed E-state index contributed by atoms with van der Waals surface area (Å²) in [5.41, 5.74) is 1.84. The lowest BCUT2D eigenvalue weighted by molar-refractivity contribution is 0.630. The molecule has 0 saturated heterocycles.